The SMILES string of the molecule is CCC(COC)NCc1cc(Br)c(Cl)s1. The average Bonchev–Trinajstić information content (AvgIpc) is 2.53. The van der Waals surface area contributed by atoms with Crippen molar-refractivity contribution in [2.75, 3.05) is 13.7 Å². The number of halogens is 2. The van der Waals surface area contributed by atoms with Gasteiger partial charge in [0.15, 0.2) is 0 Å². The Labute approximate surface area is 108 Å². The molecule has 0 saturated carbocycles. The van der Waals surface area contributed by atoms with Crippen LogP contribution in [-0.4, -0.2) is 19.8 Å². The molecule has 1 aromatic heterocycles. The Morgan fingerprint density at radius 2 is 2.40 bits per heavy atom. The molecule has 0 aliphatic rings. The molecule has 0 aromatic carbocycles. The van der Waals surface area contributed by atoms with Crippen LogP contribution >= 0.6 is 38.9 Å². The molecule has 0 aliphatic heterocycles. The van der Waals surface area contributed by atoms with Crippen molar-refractivity contribution >= 4 is 38.9 Å². The van der Waals surface area contributed by atoms with Crippen molar-refractivity contribution in [3.63, 3.8) is 0 Å². The zero-order valence-electron chi connectivity index (χ0n) is 8.85. The highest BCUT2D eigenvalue weighted by Crippen LogP contribution is 2.31. The second-order valence-corrected chi connectivity index (χ2v) is 5.87. The van der Waals surface area contributed by atoms with E-state index in [2.05, 4.69) is 34.2 Å². The Hall–Kier alpha value is 0.390. The topological polar surface area (TPSA) is 21.3 Å². The molecule has 0 radical (unpaired) electrons. The molecule has 0 bridgehead atoms. The molecule has 5 heteroatoms. The fourth-order valence-corrected chi connectivity index (χ4v) is 2.99. The summed E-state index contributed by atoms with van der Waals surface area (Å²) in [5.74, 6) is 0. The molecule has 0 aliphatic carbocycles. The van der Waals surface area contributed by atoms with Crippen LogP contribution in [0.25, 0.3) is 0 Å². The molecule has 15 heavy (non-hydrogen) atoms. The van der Waals surface area contributed by atoms with E-state index in [0.29, 0.717) is 6.04 Å². The first kappa shape index (κ1) is 13.5. The average molecular weight is 313 g/mol. The molecule has 0 fully saturated rings. The van der Waals surface area contributed by atoms with E-state index in [1.54, 1.807) is 18.4 Å². The van der Waals surface area contributed by atoms with E-state index in [4.69, 9.17) is 16.3 Å². The molecule has 86 valence electrons. The Kier molecular flexibility index (Phi) is 6.16. The molecular weight excluding hydrogens is 298 g/mol. The van der Waals surface area contributed by atoms with E-state index in [-0.39, 0.29) is 0 Å². The number of thiophene rings is 1. The van der Waals surface area contributed by atoms with Gasteiger partial charge in [0.25, 0.3) is 0 Å². The monoisotopic (exact) mass is 311 g/mol. The lowest BCUT2D eigenvalue weighted by Gasteiger charge is -2.14. The number of methoxy groups -OCH3 is 1. The first-order valence-corrected chi connectivity index (χ1v) is 6.82. The summed E-state index contributed by atoms with van der Waals surface area (Å²) >= 11 is 11.0. The lowest BCUT2D eigenvalue weighted by atomic mass is 10.2. The lowest BCUT2D eigenvalue weighted by Crippen LogP contribution is -2.31. The second kappa shape index (κ2) is 6.86. The Balaban J connectivity index is 2.41. The van der Waals surface area contributed by atoms with Gasteiger partial charge in [0, 0.05) is 29.0 Å². The summed E-state index contributed by atoms with van der Waals surface area (Å²) in [7, 11) is 1.73. The third-order valence-corrected chi connectivity index (χ3v) is 4.60. The van der Waals surface area contributed by atoms with Crippen molar-refractivity contribution in [3.05, 3.63) is 19.8 Å². The van der Waals surface area contributed by atoms with Gasteiger partial charge >= 0.3 is 0 Å². The molecule has 1 atom stereocenters. The fourth-order valence-electron chi connectivity index (χ4n) is 1.25. The molecule has 1 rings (SSSR count). The van der Waals surface area contributed by atoms with Crippen LogP contribution in [0.1, 0.15) is 18.2 Å². The molecule has 0 amide bonds. The van der Waals surface area contributed by atoms with Gasteiger partial charge in [-0.1, -0.05) is 18.5 Å². The van der Waals surface area contributed by atoms with Crippen molar-refractivity contribution in [3.8, 4) is 0 Å². The van der Waals surface area contributed by atoms with Gasteiger partial charge in [0.2, 0.25) is 0 Å². The smallest absolute Gasteiger partial charge is 0.107 e. The third-order valence-electron chi connectivity index (χ3n) is 2.12. The number of rotatable bonds is 6. The number of hydrogen-bond acceptors (Lipinski definition) is 3. The summed E-state index contributed by atoms with van der Waals surface area (Å²) in [5.41, 5.74) is 0. The highest BCUT2D eigenvalue weighted by Gasteiger charge is 2.08. The van der Waals surface area contributed by atoms with Crippen LogP contribution in [0.15, 0.2) is 10.5 Å². The van der Waals surface area contributed by atoms with Crippen LogP contribution in [0.3, 0.4) is 0 Å². The summed E-state index contributed by atoms with van der Waals surface area (Å²) < 4.78 is 6.91. The Morgan fingerprint density at radius 1 is 1.67 bits per heavy atom. The van der Waals surface area contributed by atoms with Crippen molar-refractivity contribution in [1.82, 2.24) is 5.32 Å². The van der Waals surface area contributed by atoms with Gasteiger partial charge in [-0.15, -0.1) is 11.3 Å². The normalized spacial score (nSPS) is 13.1. The number of nitrogens with one attached hydrogen (secondary N) is 1. The largest absolute Gasteiger partial charge is 0.383 e. The maximum atomic E-state index is 5.96. The first-order valence-electron chi connectivity index (χ1n) is 4.83. The minimum absolute atomic E-state index is 0.412. The summed E-state index contributed by atoms with van der Waals surface area (Å²) in [6, 6.07) is 2.47. The van der Waals surface area contributed by atoms with Crippen LogP contribution < -0.4 is 5.32 Å². The van der Waals surface area contributed by atoms with Crippen LogP contribution in [0.4, 0.5) is 0 Å². The molecule has 0 spiro atoms. The second-order valence-electron chi connectivity index (χ2n) is 3.28. The molecule has 1 aromatic rings. The molecular formula is C10H15BrClNOS. The summed E-state index contributed by atoms with van der Waals surface area (Å²) in [6.07, 6.45) is 1.06. The van der Waals surface area contributed by atoms with Crippen molar-refractivity contribution in [2.24, 2.45) is 0 Å². The van der Waals surface area contributed by atoms with Crippen molar-refractivity contribution in [2.45, 2.75) is 25.9 Å². The van der Waals surface area contributed by atoms with Gasteiger partial charge in [-0.3, -0.25) is 0 Å². The van der Waals surface area contributed by atoms with E-state index >= 15 is 0 Å². The van der Waals surface area contributed by atoms with Crippen LogP contribution in [-0.2, 0) is 11.3 Å². The summed E-state index contributed by atoms with van der Waals surface area (Å²) in [5, 5.41) is 3.43. The number of ether oxygens (including phenoxy) is 1. The van der Waals surface area contributed by atoms with Gasteiger partial charge in [-0.05, 0) is 28.4 Å². The minimum atomic E-state index is 0.412. The van der Waals surface area contributed by atoms with Crippen molar-refractivity contribution < 1.29 is 4.74 Å². The predicted octanol–water partition coefficient (Wildman–Crippen LogP) is 3.68. The maximum absolute atomic E-state index is 5.96. The highest BCUT2D eigenvalue weighted by atomic mass is 79.9. The predicted molar refractivity (Wildman–Crippen MR) is 69.8 cm³/mol. The lowest BCUT2D eigenvalue weighted by molar-refractivity contribution is 0.164. The van der Waals surface area contributed by atoms with Gasteiger partial charge in [-0.25, -0.2) is 0 Å². The zero-order valence-corrected chi connectivity index (χ0v) is 12.0. The Morgan fingerprint density at radius 3 is 2.87 bits per heavy atom. The van der Waals surface area contributed by atoms with E-state index in [0.717, 1.165) is 28.4 Å². The van der Waals surface area contributed by atoms with Gasteiger partial charge in [0.05, 0.1) is 6.61 Å². The summed E-state index contributed by atoms with van der Waals surface area (Å²) in [4.78, 5) is 1.24. The van der Waals surface area contributed by atoms with E-state index in [9.17, 15) is 0 Å². The third kappa shape index (κ3) is 4.41. The number of hydrogen-bond donors (Lipinski definition) is 1. The summed E-state index contributed by atoms with van der Waals surface area (Å²) in [6.45, 7) is 3.74. The van der Waals surface area contributed by atoms with Gasteiger partial charge < -0.3 is 10.1 Å². The molecule has 1 unspecified atom stereocenters. The van der Waals surface area contributed by atoms with E-state index in [1.165, 1.54) is 4.88 Å². The standard InChI is InChI=1S/C10H15BrClNOS/c1-3-7(6-14-2)13-5-8-4-9(11)10(12)15-8/h4,7,13H,3,5-6H2,1-2H3. The van der Waals surface area contributed by atoms with Crippen LogP contribution in [0.2, 0.25) is 4.34 Å². The quantitative estimate of drug-likeness (QED) is 0.865. The van der Waals surface area contributed by atoms with Gasteiger partial charge in [-0.2, -0.15) is 0 Å². The van der Waals surface area contributed by atoms with Crippen molar-refractivity contribution in [1.29, 1.82) is 0 Å². The van der Waals surface area contributed by atoms with Crippen LogP contribution in [0, 0.1) is 0 Å². The maximum Gasteiger partial charge on any atom is 0.107 e. The van der Waals surface area contributed by atoms with E-state index < -0.39 is 0 Å². The Bertz CT molecular complexity index is 286. The van der Waals surface area contributed by atoms with E-state index in [1.807, 2.05) is 0 Å². The fraction of sp³-hybridized carbons (Fsp3) is 0.600. The minimum Gasteiger partial charge on any atom is -0.383 e. The van der Waals surface area contributed by atoms with Crippen LogP contribution in [0.5, 0.6) is 0 Å². The zero-order chi connectivity index (χ0) is 11.3. The highest BCUT2D eigenvalue weighted by molar-refractivity contribution is 9.10. The van der Waals surface area contributed by atoms with Gasteiger partial charge in [0.1, 0.15) is 4.34 Å². The molecule has 1 heterocycles. The molecule has 1 N–H and O–H groups in total. The first-order chi connectivity index (χ1) is 7.17. The molecule has 2 nitrogen and oxygen atoms in total. The molecule has 0 saturated heterocycles.